The van der Waals surface area contributed by atoms with Crippen molar-refractivity contribution in [1.29, 1.82) is 0 Å². The van der Waals surface area contributed by atoms with Crippen LogP contribution < -0.4 is 10.1 Å². The van der Waals surface area contributed by atoms with Crippen LogP contribution in [-0.4, -0.2) is 54.8 Å². The van der Waals surface area contributed by atoms with Gasteiger partial charge in [0.05, 0.1) is 12.6 Å². The predicted octanol–water partition coefficient (Wildman–Crippen LogP) is 5.18. The molecule has 10 heteroatoms. The lowest BCUT2D eigenvalue weighted by Crippen LogP contribution is -2.45. The molecule has 1 fully saturated rings. The zero-order chi connectivity index (χ0) is 27.5. The van der Waals surface area contributed by atoms with Crippen LogP contribution in [0, 0.1) is 0 Å². The van der Waals surface area contributed by atoms with Gasteiger partial charge in [-0.3, -0.25) is 19.7 Å². The van der Waals surface area contributed by atoms with Gasteiger partial charge in [-0.25, -0.2) is 4.79 Å². The quantitative estimate of drug-likeness (QED) is 0.0988. The molecule has 0 atom stereocenters. The smallest absolute Gasteiger partial charge is 0.497 e. The Morgan fingerprint density at radius 3 is 1.92 bits per heavy atom. The molecule has 1 aliphatic heterocycles. The Hall–Kier alpha value is -3.47. The lowest BCUT2D eigenvalue weighted by molar-refractivity contribution is -0.176. The minimum absolute atomic E-state index is 0.0426. The number of rotatable bonds is 13. The van der Waals surface area contributed by atoms with Gasteiger partial charge >= 0.3 is 6.16 Å². The van der Waals surface area contributed by atoms with Crippen LogP contribution in [0.3, 0.4) is 0 Å². The molecular formula is C29H30N2O6S2. The molecule has 1 N–H and O–H groups in total. The number of amides is 2. The number of hydrogen-bond donors (Lipinski definition) is 1. The average molecular weight is 567 g/mol. The second-order valence-electron chi connectivity index (χ2n) is 8.55. The van der Waals surface area contributed by atoms with E-state index in [9.17, 15) is 14.4 Å². The summed E-state index contributed by atoms with van der Waals surface area (Å²) in [5.74, 6) is 1.05. The van der Waals surface area contributed by atoms with Gasteiger partial charge in [-0.15, -0.1) is 0 Å². The molecule has 3 aromatic rings. The van der Waals surface area contributed by atoms with Crippen molar-refractivity contribution in [3.63, 3.8) is 0 Å². The number of carbonyl (C=O) groups excluding carboxylic acids is 3. The Morgan fingerprint density at radius 2 is 1.36 bits per heavy atom. The standard InChI is InChI=1S/C29H30N2O6S2/c1-35-25-14-12-24(13-15-25)29(22-8-4-2-5-9-22,23-10-6-3-7-11-23)30-18-20-38-39-21-19-36-28(34)37-31-26(32)16-17-27(31)33/h2-15,30H,16-21H2,1H3. The Kier molecular flexibility index (Phi) is 10.3. The van der Waals surface area contributed by atoms with E-state index in [4.69, 9.17) is 14.3 Å². The van der Waals surface area contributed by atoms with Crippen molar-refractivity contribution in [2.24, 2.45) is 0 Å². The first kappa shape index (κ1) is 28.5. The molecule has 0 aromatic heterocycles. The molecular weight excluding hydrogens is 536 g/mol. The summed E-state index contributed by atoms with van der Waals surface area (Å²) in [5, 5.41) is 4.30. The van der Waals surface area contributed by atoms with Gasteiger partial charge < -0.3 is 9.47 Å². The first-order valence-electron chi connectivity index (χ1n) is 12.5. The summed E-state index contributed by atoms with van der Waals surface area (Å²) < 4.78 is 10.4. The van der Waals surface area contributed by atoms with E-state index in [2.05, 4.69) is 41.7 Å². The van der Waals surface area contributed by atoms with Crippen LogP contribution in [0.1, 0.15) is 29.5 Å². The maximum absolute atomic E-state index is 11.8. The van der Waals surface area contributed by atoms with E-state index >= 15 is 0 Å². The second kappa shape index (κ2) is 14.1. The monoisotopic (exact) mass is 566 g/mol. The number of imide groups is 1. The van der Waals surface area contributed by atoms with Gasteiger partial charge in [-0.05, 0) is 28.8 Å². The minimum atomic E-state index is -1.05. The molecule has 0 unspecified atom stereocenters. The number of benzene rings is 3. The molecule has 0 bridgehead atoms. The summed E-state index contributed by atoms with van der Waals surface area (Å²) in [6.07, 6.45) is -0.970. The van der Waals surface area contributed by atoms with Crippen molar-refractivity contribution in [3.05, 3.63) is 102 Å². The Bertz CT molecular complexity index is 1190. The molecule has 3 aromatic carbocycles. The molecule has 0 saturated carbocycles. The maximum atomic E-state index is 11.8. The molecule has 2 amide bonds. The van der Waals surface area contributed by atoms with E-state index in [1.165, 1.54) is 0 Å². The van der Waals surface area contributed by atoms with E-state index < -0.39 is 23.5 Å². The van der Waals surface area contributed by atoms with Crippen LogP contribution in [0.4, 0.5) is 4.79 Å². The molecule has 0 spiro atoms. The number of nitrogens with zero attached hydrogens (tertiary/aromatic N) is 1. The minimum Gasteiger partial charge on any atom is -0.497 e. The number of carbonyl (C=O) groups is 3. The number of nitrogens with one attached hydrogen (secondary N) is 1. The van der Waals surface area contributed by atoms with Crippen LogP contribution in [0.2, 0.25) is 0 Å². The van der Waals surface area contributed by atoms with Gasteiger partial charge in [-0.2, -0.15) is 0 Å². The average Bonchev–Trinajstić information content (AvgIpc) is 3.29. The Labute approximate surface area is 235 Å². The lowest BCUT2D eigenvalue weighted by Gasteiger charge is -2.37. The normalized spacial score (nSPS) is 13.4. The topological polar surface area (TPSA) is 94.2 Å². The van der Waals surface area contributed by atoms with Crippen LogP contribution in [0.15, 0.2) is 84.9 Å². The highest BCUT2D eigenvalue weighted by molar-refractivity contribution is 8.76. The molecule has 39 heavy (non-hydrogen) atoms. The highest BCUT2D eigenvalue weighted by Gasteiger charge is 2.36. The fourth-order valence-electron chi connectivity index (χ4n) is 4.34. The van der Waals surface area contributed by atoms with Crippen molar-refractivity contribution in [3.8, 4) is 5.75 Å². The van der Waals surface area contributed by atoms with E-state index in [1.807, 2.05) is 48.5 Å². The van der Waals surface area contributed by atoms with Gasteiger partial charge in [0.2, 0.25) is 0 Å². The van der Waals surface area contributed by atoms with Gasteiger partial charge in [-0.1, -0.05) is 99.4 Å². The summed E-state index contributed by atoms with van der Waals surface area (Å²) >= 11 is 0. The summed E-state index contributed by atoms with van der Waals surface area (Å²) in [5.41, 5.74) is 2.78. The number of methoxy groups -OCH3 is 1. The van der Waals surface area contributed by atoms with E-state index in [1.54, 1.807) is 28.7 Å². The van der Waals surface area contributed by atoms with Crippen LogP contribution in [-0.2, 0) is 24.7 Å². The molecule has 1 saturated heterocycles. The van der Waals surface area contributed by atoms with E-state index in [0.29, 0.717) is 17.4 Å². The fraction of sp³-hybridized carbons (Fsp3) is 0.276. The van der Waals surface area contributed by atoms with Crippen molar-refractivity contribution in [1.82, 2.24) is 10.4 Å². The van der Waals surface area contributed by atoms with E-state index in [-0.39, 0.29) is 19.4 Å². The van der Waals surface area contributed by atoms with Crippen molar-refractivity contribution in [2.75, 3.05) is 31.8 Å². The van der Waals surface area contributed by atoms with Gasteiger partial charge in [0, 0.05) is 30.9 Å². The van der Waals surface area contributed by atoms with Crippen LogP contribution in [0.5, 0.6) is 5.75 Å². The Morgan fingerprint density at radius 1 is 0.821 bits per heavy atom. The van der Waals surface area contributed by atoms with Gasteiger partial charge in [0.25, 0.3) is 11.8 Å². The Balaban J connectivity index is 1.34. The lowest BCUT2D eigenvalue weighted by atomic mass is 9.77. The van der Waals surface area contributed by atoms with Crippen molar-refractivity contribution >= 4 is 39.6 Å². The number of hydrogen-bond acceptors (Lipinski definition) is 9. The molecule has 0 radical (unpaired) electrons. The largest absolute Gasteiger partial charge is 0.533 e. The van der Waals surface area contributed by atoms with Gasteiger partial charge in [0.1, 0.15) is 12.4 Å². The highest BCUT2D eigenvalue weighted by Crippen LogP contribution is 2.37. The third kappa shape index (κ3) is 7.14. The molecule has 204 valence electrons. The zero-order valence-corrected chi connectivity index (χ0v) is 23.2. The van der Waals surface area contributed by atoms with Crippen molar-refractivity contribution < 1.29 is 28.7 Å². The third-order valence-corrected chi connectivity index (χ3v) is 8.52. The van der Waals surface area contributed by atoms with E-state index in [0.717, 1.165) is 28.2 Å². The fourth-order valence-corrected chi connectivity index (χ4v) is 6.07. The predicted molar refractivity (Wildman–Crippen MR) is 152 cm³/mol. The summed E-state index contributed by atoms with van der Waals surface area (Å²) in [6, 6.07) is 28.9. The molecule has 4 rings (SSSR count). The first-order valence-corrected chi connectivity index (χ1v) is 15.0. The molecule has 1 aliphatic rings. The maximum Gasteiger partial charge on any atom is 0.533 e. The zero-order valence-electron chi connectivity index (χ0n) is 21.5. The SMILES string of the molecule is COc1ccc(C(NCCSSCCOC(=O)ON2C(=O)CCC2=O)(c2ccccc2)c2ccccc2)cc1. The first-order chi connectivity index (χ1) is 19.0. The van der Waals surface area contributed by atoms with Crippen LogP contribution >= 0.6 is 21.6 Å². The number of hydroxylamine groups is 2. The summed E-state index contributed by atoms with van der Waals surface area (Å²) in [6.45, 7) is 0.805. The summed E-state index contributed by atoms with van der Waals surface area (Å²) in [7, 11) is 4.88. The highest BCUT2D eigenvalue weighted by atomic mass is 33.1. The van der Waals surface area contributed by atoms with Crippen molar-refractivity contribution in [2.45, 2.75) is 18.4 Å². The number of ether oxygens (including phenoxy) is 2. The molecule has 0 aliphatic carbocycles. The second-order valence-corrected chi connectivity index (χ2v) is 11.3. The third-order valence-electron chi connectivity index (χ3n) is 6.15. The summed E-state index contributed by atoms with van der Waals surface area (Å²) in [4.78, 5) is 39.5. The van der Waals surface area contributed by atoms with Gasteiger partial charge in [0.15, 0.2) is 0 Å². The van der Waals surface area contributed by atoms with Crippen LogP contribution in [0.25, 0.3) is 0 Å². The molecule has 8 nitrogen and oxygen atoms in total. The molecule has 1 heterocycles.